The molecule has 0 aliphatic carbocycles. The Morgan fingerprint density at radius 3 is 2.50 bits per heavy atom. The molecule has 0 radical (unpaired) electrons. The van der Waals surface area contributed by atoms with E-state index in [1.807, 2.05) is 0 Å². The minimum absolute atomic E-state index is 0.0113. The average Bonchev–Trinajstić information content (AvgIpc) is 2.45. The molecule has 1 aromatic heterocycles. The largest absolute Gasteiger partial charge is 0.479 e. The third-order valence-electron chi connectivity index (χ3n) is 2.68. The van der Waals surface area contributed by atoms with E-state index in [9.17, 15) is 13.2 Å². The number of benzene rings is 1. The number of aromatic nitrogens is 1. The van der Waals surface area contributed by atoms with Gasteiger partial charge in [-0.3, -0.25) is 4.98 Å². The van der Waals surface area contributed by atoms with Crippen LogP contribution in [-0.4, -0.2) is 11.6 Å². The summed E-state index contributed by atoms with van der Waals surface area (Å²) in [6.45, 7) is 0.0113. The van der Waals surface area contributed by atoms with E-state index < -0.39 is 11.7 Å². The van der Waals surface area contributed by atoms with E-state index in [1.54, 1.807) is 6.07 Å². The second kappa shape index (κ2) is 6.47. The van der Waals surface area contributed by atoms with Crippen LogP contribution in [0.1, 0.15) is 5.56 Å². The van der Waals surface area contributed by atoms with Crippen molar-refractivity contribution in [3.8, 4) is 29.4 Å². The van der Waals surface area contributed by atoms with Crippen LogP contribution in [0, 0.1) is 12.3 Å². The lowest BCUT2D eigenvalue weighted by Crippen LogP contribution is -2.05. The Kier molecular flexibility index (Phi) is 4.84. The smallest absolute Gasteiger partial charge is 0.417 e. The molecule has 2 rings (SSSR count). The molecule has 0 saturated carbocycles. The van der Waals surface area contributed by atoms with Gasteiger partial charge in [-0.2, -0.15) is 13.2 Å². The van der Waals surface area contributed by atoms with E-state index >= 15 is 0 Å². The molecule has 0 unspecified atom stereocenters. The van der Waals surface area contributed by atoms with Gasteiger partial charge in [-0.05, 0) is 18.2 Å². The molecule has 2 nitrogen and oxygen atoms in total. The summed E-state index contributed by atoms with van der Waals surface area (Å²) < 4.78 is 43.1. The molecular formula is C15H8Cl2F3NO. The number of pyridine rings is 1. The van der Waals surface area contributed by atoms with Gasteiger partial charge in [0.1, 0.15) is 12.4 Å². The van der Waals surface area contributed by atoms with Gasteiger partial charge >= 0.3 is 6.18 Å². The van der Waals surface area contributed by atoms with E-state index in [4.69, 9.17) is 34.4 Å². The molecule has 0 aliphatic heterocycles. The van der Waals surface area contributed by atoms with Crippen LogP contribution >= 0.6 is 23.2 Å². The van der Waals surface area contributed by atoms with Gasteiger partial charge in [0.25, 0.3) is 0 Å². The zero-order valence-corrected chi connectivity index (χ0v) is 12.4. The van der Waals surface area contributed by atoms with Crippen molar-refractivity contribution in [2.45, 2.75) is 6.18 Å². The number of rotatable bonds is 3. The molecule has 0 fully saturated rings. The summed E-state index contributed by atoms with van der Waals surface area (Å²) in [6.07, 6.45) is 1.32. The Labute approximate surface area is 134 Å². The molecule has 0 aliphatic rings. The molecule has 114 valence electrons. The van der Waals surface area contributed by atoms with Gasteiger partial charge in [-0.15, -0.1) is 6.42 Å². The first kappa shape index (κ1) is 16.5. The summed E-state index contributed by atoms with van der Waals surface area (Å²) in [6, 6.07) is 5.44. The second-order valence-corrected chi connectivity index (χ2v) is 5.00. The summed E-state index contributed by atoms with van der Waals surface area (Å²) in [5, 5.41) is 0.196. The molecule has 1 heterocycles. The van der Waals surface area contributed by atoms with Crippen LogP contribution in [0.15, 0.2) is 30.5 Å². The fraction of sp³-hybridized carbons (Fsp3) is 0.133. The van der Waals surface area contributed by atoms with Gasteiger partial charge in [0, 0.05) is 11.8 Å². The number of nitrogens with zero attached hydrogens (tertiary/aromatic N) is 1. The lowest BCUT2D eigenvalue weighted by molar-refractivity contribution is -0.137. The minimum Gasteiger partial charge on any atom is -0.479 e. The quantitative estimate of drug-likeness (QED) is 0.723. The highest BCUT2D eigenvalue weighted by Crippen LogP contribution is 2.36. The van der Waals surface area contributed by atoms with Crippen molar-refractivity contribution < 1.29 is 17.9 Å². The fourth-order valence-corrected chi connectivity index (χ4v) is 2.13. The zero-order valence-electron chi connectivity index (χ0n) is 10.9. The summed E-state index contributed by atoms with van der Waals surface area (Å²) in [7, 11) is 0. The van der Waals surface area contributed by atoms with Gasteiger partial charge in [0.05, 0.1) is 21.3 Å². The molecule has 22 heavy (non-hydrogen) atoms. The van der Waals surface area contributed by atoms with Crippen LogP contribution in [0.5, 0.6) is 5.75 Å². The molecule has 7 heteroatoms. The fourth-order valence-electron chi connectivity index (χ4n) is 1.69. The maximum absolute atomic E-state index is 12.6. The monoisotopic (exact) mass is 345 g/mol. The van der Waals surface area contributed by atoms with Crippen LogP contribution in [0.4, 0.5) is 13.2 Å². The van der Waals surface area contributed by atoms with Gasteiger partial charge in [-0.25, -0.2) is 0 Å². The summed E-state index contributed by atoms with van der Waals surface area (Å²) in [5.74, 6) is 2.59. The van der Waals surface area contributed by atoms with Crippen molar-refractivity contribution >= 4 is 23.2 Å². The Bertz CT molecular complexity index is 739. The van der Waals surface area contributed by atoms with Gasteiger partial charge < -0.3 is 4.74 Å². The maximum Gasteiger partial charge on any atom is 0.417 e. The Hall–Kier alpha value is -1.90. The second-order valence-electron chi connectivity index (χ2n) is 4.19. The number of ether oxygens (including phenoxy) is 1. The van der Waals surface area contributed by atoms with Crippen LogP contribution < -0.4 is 4.74 Å². The molecule has 0 spiro atoms. The molecule has 1 aromatic carbocycles. The van der Waals surface area contributed by atoms with Gasteiger partial charge in [-0.1, -0.05) is 35.2 Å². The predicted molar refractivity (Wildman–Crippen MR) is 79.0 cm³/mol. The molecule has 2 aromatic rings. The SMILES string of the molecule is C#CCOc1cc(-c2ncc(C(F)(F)F)cc2Cl)ccc1Cl. The number of halogens is 5. The van der Waals surface area contributed by atoms with Crippen molar-refractivity contribution in [2.24, 2.45) is 0 Å². The normalized spacial score (nSPS) is 11.1. The Morgan fingerprint density at radius 1 is 1.18 bits per heavy atom. The molecule has 0 N–H and O–H groups in total. The highest BCUT2D eigenvalue weighted by molar-refractivity contribution is 6.33. The predicted octanol–water partition coefficient (Wildman–Crippen LogP) is 5.09. The molecular weight excluding hydrogens is 338 g/mol. The number of terminal acetylenes is 1. The van der Waals surface area contributed by atoms with E-state index in [0.717, 1.165) is 12.3 Å². The van der Waals surface area contributed by atoms with E-state index in [-0.39, 0.29) is 17.3 Å². The summed E-state index contributed by atoms with van der Waals surface area (Å²) >= 11 is 11.8. The van der Waals surface area contributed by atoms with Crippen molar-refractivity contribution in [1.29, 1.82) is 0 Å². The first-order chi connectivity index (χ1) is 10.3. The van der Waals surface area contributed by atoms with E-state index in [0.29, 0.717) is 16.3 Å². The highest BCUT2D eigenvalue weighted by Gasteiger charge is 2.31. The molecule has 0 bridgehead atoms. The third kappa shape index (κ3) is 3.65. The van der Waals surface area contributed by atoms with Crippen molar-refractivity contribution in [3.63, 3.8) is 0 Å². The molecule has 0 atom stereocenters. The first-order valence-electron chi connectivity index (χ1n) is 5.92. The van der Waals surface area contributed by atoms with Crippen LogP contribution in [0.2, 0.25) is 10.0 Å². The highest BCUT2D eigenvalue weighted by atomic mass is 35.5. The topological polar surface area (TPSA) is 22.1 Å². The summed E-state index contributed by atoms with van der Waals surface area (Å²) in [4.78, 5) is 3.78. The van der Waals surface area contributed by atoms with E-state index in [1.165, 1.54) is 12.1 Å². The standard InChI is InChI=1S/C15H8Cl2F3NO/c1-2-5-22-13-6-9(3-4-11(13)16)14-12(17)7-10(8-21-14)15(18,19)20/h1,3-4,6-8H,5H2. The van der Waals surface area contributed by atoms with Crippen LogP contribution in [-0.2, 0) is 6.18 Å². The van der Waals surface area contributed by atoms with E-state index in [2.05, 4.69) is 10.9 Å². The van der Waals surface area contributed by atoms with Crippen LogP contribution in [0.3, 0.4) is 0 Å². The average molecular weight is 346 g/mol. The summed E-state index contributed by atoms with van der Waals surface area (Å²) in [5.41, 5.74) is -0.258. The third-order valence-corrected chi connectivity index (χ3v) is 3.28. The van der Waals surface area contributed by atoms with Gasteiger partial charge in [0.15, 0.2) is 0 Å². The van der Waals surface area contributed by atoms with Crippen molar-refractivity contribution in [1.82, 2.24) is 4.98 Å². The minimum atomic E-state index is -4.50. The maximum atomic E-state index is 12.6. The molecule has 0 saturated heterocycles. The number of hydrogen-bond donors (Lipinski definition) is 0. The Morgan fingerprint density at radius 2 is 1.91 bits per heavy atom. The first-order valence-corrected chi connectivity index (χ1v) is 6.67. The number of hydrogen-bond acceptors (Lipinski definition) is 2. The molecule has 0 amide bonds. The lowest BCUT2D eigenvalue weighted by atomic mass is 10.1. The van der Waals surface area contributed by atoms with Crippen molar-refractivity contribution in [3.05, 3.63) is 46.1 Å². The Balaban J connectivity index is 2.42. The number of alkyl halides is 3. The van der Waals surface area contributed by atoms with Crippen molar-refractivity contribution in [2.75, 3.05) is 6.61 Å². The van der Waals surface area contributed by atoms with Gasteiger partial charge in [0.2, 0.25) is 0 Å². The zero-order chi connectivity index (χ0) is 16.3. The van der Waals surface area contributed by atoms with Crippen LogP contribution in [0.25, 0.3) is 11.3 Å². The lowest BCUT2D eigenvalue weighted by Gasteiger charge is -2.11.